The number of hydrogen-bond donors (Lipinski definition) is 2. The molecule has 0 radical (unpaired) electrons. The third-order valence-electron chi connectivity index (χ3n) is 5.78. The zero-order chi connectivity index (χ0) is 19.8. The van der Waals surface area contributed by atoms with E-state index >= 15 is 0 Å². The van der Waals surface area contributed by atoms with Crippen molar-refractivity contribution in [3.05, 3.63) is 47.2 Å². The van der Waals surface area contributed by atoms with E-state index in [2.05, 4.69) is 12.2 Å². The van der Waals surface area contributed by atoms with Gasteiger partial charge in [-0.3, -0.25) is 14.5 Å². The molecule has 4 rings (SSSR count). The van der Waals surface area contributed by atoms with Crippen LogP contribution in [0.1, 0.15) is 38.2 Å². The van der Waals surface area contributed by atoms with Gasteiger partial charge in [-0.1, -0.05) is 50.1 Å². The van der Waals surface area contributed by atoms with E-state index in [0.717, 1.165) is 36.8 Å². The lowest BCUT2D eigenvalue weighted by Crippen LogP contribution is -2.72. The first kappa shape index (κ1) is 19.1. The minimum absolute atomic E-state index is 0.153. The number of unbranched alkanes of at least 4 members (excludes halogenated alkanes) is 1. The molecule has 1 saturated heterocycles. The Morgan fingerprint density at radius 3 is 2.71 bits per heavy atom. The van der Waals surface area contributed by atoms with E-state index < -0.39 is 12.0 Å². The van der Waals surface area contributed by atoms with Crippen molar-refractivity contribution in [2.75, 3.05) is 0 Å². The number of amides is 2. The Labute approximate surface area is 168 Å². The van der Waals surface area contributed by atoms with Crippen molar-refractivity contribution < 1.29 is 19.5 Å². The summed E-state index contributed by atoms with van der Waals surface area (Å²) < 4.78 is 0. The molecule has 1 aromatic carbocycles. The number of carbonyl (C=O) groups is 3. The van der Waals surface area contributed by atoms with Gasteiger partial charge in [-0.2, -0.15) is 0 Å². The largest absolute Gasteiger partial charge is 0.477 e. The molecule has 7 heteroatoms. The first-order valence-electron chi connectivity index (χ1n) is 9.79. The number of nitrogens with zero attached hydrogens (tertiary/aromatic N) is 1. The van der Waals surface area contributed by atoms with Gasteiger partial charge in [0.2, 0.25) is 5.91 Å². The van der Waals surface area contributed by atoms with Gasteiger partial charge in [0.05, 0.1) is 6.42 Å². The second kappa shape index (κ2) is 7.62. The molecule has 2 amide bonds. The lowest BCUT2D eigenvalue weighted by molar-refractivity contribution is -0.151. The third kappa shape index (κ3) is 3.21. The van der Waals surface area contributed by atoms with E-state index in [-0.39, 0.29) is 34.6 Å². The summed E-state index contributed by atoms with van der Waals surface area (Å²) in [5, 5.41) is 12.3. The van der Waals surface area contributed by atoms with Crippen LogP contribution in [0.15, 0.2) is 41.6 Å². The maximum atomic E-state index is 12.6. The highest BCUT2D eigenvalue weighted by atomic mass is 32.2. The Bertz CT molecular complexity index is 838. The summed E-state index contributed by atoms with van der Waals surface area (Å²) in [5.74, 6) is -1.11. The quantitative estimate of drug-likeness (QED) is 0.687. The number of rotatable bonds is 7. The molecule has 3 aliphatic rings. The summed E-state index contributed by atoms with van der Waals surface area (Å²) in [6.07, 6.45) is 4.29. The van der Waals surface area contributed by atoms with E-state index in [4.69, 9.17) is 0 Å². The van der Waals surface area contributed by atoms with Crippen molar-refractivity contribution in [1.29, 1.82) is 0 Å². The van der Waals surface area contributed by atoms with Crippen molar-refractivity contribution >= 4 is 29.5 Å². The van der Waals surface area contributed by atoms with Gasteiger partial charge in [0.25, 0.3) is 5.91 Å². The molecule has 0 bridgehead atoms. The lowest BCUT2D eigenvalue weighted by atomic mass is 9.74. The van der Waals surface area contributed by atoms with Crippen LogP contribution >= 0.6 is 11.8 Å². The molecule has 2 heterocycles. The van der Waals surface area contributed by atoms with Gasteiger partial charge < -0.3 is 10.4 Å². The average molecular weight is 401 g/mol. The summed E-state index contributed by atoms with van der Waals surface area (Å²) in [6.45, 7) is 2.15. The summed E-state index contributed by atoms with van der Waals surface area (Å²) in [7, 11) is 0. The van der Waals surface area contributed by atoms with Crippen molar-refractivity contribution in [2.24, 2.45) is 5.92 Å². The van der Waals surface area contributed by atoms with Crippen LogP contribution in [0.3, 0.4) is 0 Å². The van der Waals surface area contributed by atoms with Gasteiger partial charge in [-0.25, -0.2) is 4.79 Å². The number of carboxylic acid groups (broad SMARTS) is 1. The number of fused-ring (bicyclic) bond motifs is 2. The number of hydrogen-bond acceptors (Lipinski definition) is 4. The van der Waals surface area contributed by atoms with Gasteiger partial charge in [-0.15, -0.1) is 11.8 Å². The SMILES string of the molecule is CCCC[C@H]1CC2=C(C(=O)O)N3C(=O)[C@@H](NC(=O)Cc4ccccc4)[C@H]3S[C@H]21. The molecule has 4 atom stereocenters. The molecular weight excluding hydrogens is 376 g/mol. The van der Waals surface area contributed by atoms with Crippen molar-refractivity contribution in [2.45, 2.75) is 55.7 Å². The fourth-order valence-corrected chi connectivity index (χ4v) is 6.10. The van der Waals surface area contributed by atoms with E-state index in [9.17, 15) is 19.5 Å². The standard InChI is InChI=1S/C21H24N2O4S/c1-2-3-9-13-11-14-17(21(26)27)23-19(25)16(20(23)28-18(13)14)22-15(24)10-12-7-5-4-6-8-12/h4-8,13,16,18,20H,2-3,9-11H2,1H3,(H,22,24)(H,26,27)/t13-,16+,18-,20+/m0/s1. The van der Waals surface area contributed by atoms with Crippen LogP contribution in [0.2, 0.25) is 0 Å². The highest BCUT2D eigenvalue weighted by molar-refractivity contribution is 8.01. The number of β-lactam (4-membered cyclic amide) rings is 1. The maximum Gasteiger partial charge on any atom is 0.352 e. The number of aliphatic carboxylic acids is 1. The molecule has 2 aliphatic heterocycles. The molecule has 0 unspecified atom stereocenters. The second-order valence-electron chi connectivity index (χ2n) is 7.65. The number of thioether (sulfide) groups is 1. The van der Waals surface area contributed by atoms with Crippen LogP contribution < -0.4 is 5.32 Å². The Balaban J connectivity index is 1.47. The van der Waals surface area contributed by atoms with E-state index in [0.29, 0.717) is 5.92 Å². The summed E-state index contributed by atoms with van der Waals surface area (Å²) in [4.78, 5) is 38.2. The lowest BCUT2D eigenvalue weighted by Gasteiger charge is -2.56. The summed E-state index contributed by atoms with van der Waals surface area (Å²) in [5.41, 5.74) is 1.92. The first-order chi connectivity index (χ1) is 13.5. The van der Waals surface area contributed by atoms with Gasteiger partial charge in [0, 0.05) is 5.25 Å². The molecule has 0 aromatic heterocycles. The Hall–Kier alpha value is -2.28. The molecule has 0 spiro atoms. The summed E-state index contributed by atoms with van der Waals surface area (Å²) in [6, 6.07) is 8.72. The Morgan fingerprint density at radius 2 is 2.04 bits per heavy atom. The average Bonchev–Trinajstić information content (AvgIpc) is 2.66. The van der Waals surface area contributed by atoms with E-state index in [1.165, 1.54) is 4.90 Å². The fraction of sp³-hybridized carbons (Fsp3) is 0.476. The van der Waals surface area contributed by atoms with E-state index in [1.54, 1.807) is 11.8 Å². The monoisotopic (exact) mass is 400 g/mol. The molecule has 6 nitrogen and oxygen atoms in total. The predicted molar refractivity (Wildman–Crippen MR) is 106 cm³/mol. The second-order valence-corrected chi connectivity index (χ2v) is 8.91. The number of nitrogens with one attached hydrogen (secondary N) is 1. The molecule has 2 N–H and O–H groups in total. The smallest absolute Gasteiger partial charge is 0.352 e. The minimum Gasteiger partial charge on any atom is -0.477 e. The Kier molecular flexibility index (Phi) is 5.19. The molecule has 1 aliphatic carbocycles. The normalized spacial score (nSPS) is 28.0. The first-order valence-corrected chi connectivity index (χ1v) is 10.7. The molecule has 28 heavy (non-hydrogen) atoms. The van der Waals surface area contributed by atoms with Crippen LogP contribution in [0.5, 0.6) is 0 Å². The fourth-order valence-electron chi connectivity index (χ4n) is 4.30. The maximum absolute atomic E-state index is 12.6. The van der Waals surface area contributed by atoms with E-state index in [1.807, 2.05) is 30.3 Å². The van der Waals surface area contributed by atoms with Crippen molar-refractivity contribution in [3.8, 4) is 0 Å². The number of carboxylic acids is 1. The van der Waals surface area contributed by atoms with Crippen LogP contribution in [0.4, 0.5) is 0 Å². The van der Waals surface area contributed by atoms with Crippen LogP contribution in [0.25, 0.3) is 0 Å². The zero-order valence-electron chi connectivity index (χ0n) is 15.8. The van der Waals surface area contributed by atoms with Crippen LogP contribution in [-0.4, -0.2) is 44.5 Å². The topological polar surface area (TPSA) is 86.7 Å². The zero-order valence-corrected chi connectivity index (χ0v) is 16.6. The van der Waals surface area contributed by atoms with Gasteiger partial charge >= 0.3 is 5.97 Å². The van der Waals surface area contributed by atoms with Crippen molar-refractivity contribution in [3.63, 3.8) is 0 Å². The van der Waals surface area contributed by atoms with Crippen LogP contribution in [-0.2, 0) is 20.8 Å². The summed E-state index contributed by atoms with van der Waals surface area (Å²) >= 11 is 1.64. The van der Waals surface area contributed by atoms with Crippen molar-refractivity contribution in [1.82, 2.24) is 10.2 Å². The third-order valence-corrected chi connectivity index (χ3v) is 7.51. The molecular formula is C21H24N2O4S. The highest BCUT2D eigenvalue weighted by Crippen LogP contribution is 2.55. The van der Waals surface area contributed by atoms with Gasteiger partial charge in [0.15, 0.2) is 0 Å². The molecule has 2 fully saturated rings. The Morgan fingerprint density at radius 1 is 1.29 bits per heavy atom. The number of benzene rings is 1. The molecule has 1 saturated carbocycles. The van der Waals surface area contributed by atoms with Gasteiger partial charge in [-0.05, 0) is 29.9 Å². The number of carbonyl (C=O) groups excluding carboxylic acids is 2. The minimum atomic E-state index is -1.04. The molecule has 1 aromatic rings. The van der Waals surface area contributed by atoms with Crippen LogP contribution in [0, 0.1) is 5.92 Å². The van der Waals surface area contributed by atoms with Gasteiger partial charge in [0.1, 0.15) is 17.1 Å². The molecule has 148 valence electrons. The predicted octanol–water partition coefficient (Wildman–Crippen LogP) is 2.55. The highest BCUT2D eigenvalue weighted by Gasteiger charge is 2.59.